The number of halogens is 3. The lowest BCUT2D eigenvalue weighted by atomic mass is 9.82. The first-order valence-corrected chi connectivity index (χ1v) is 12.0. The van der Waals surface area contributed by atoms with Crippen LogP contribution in [0, 0.1) is 13.8 Å². The van der Waals surface area contributed by atoms with Gasteiger partial charge >= 0.3 is 6.55 Å². The van der Waals surface area contributed by atoms with Gasteiger partial charge in [0, 0.05) is 36.2 Å². The number of pyridine rings is 1. The zero-order valence-corrected chi connectivity index (χ0v) is 20.1. The fraction of sp³-hybridized carbons (Fsp3) is 0.480. The van der Waals surface area contributed by atoms with Gasteiger partial charge in [-0.3, -0.25) is 0 Å². The molecular formula is C25H27F3N5O3+. The number of hydrogen-bond donors (Lipinski definition) is 0. The van der Waals surface area contributed by atoms with Crippen molar-refractivity contribution in [3.8, 4) is 11.1 Å². The van der Waals surface area contributed by atoms with Crippen LogP contribution in [0.2, 0.25) is 0 Å². The summed E-state index contributed by atoms with van der Waals surface area (Å²) in [5, 5.41) is 8.07. The van der Waals surface area contributed by atoms with Crippen molar-refractivity contribution >= 4 is 22.9 Å². The Hall–Kier alpha value is -3.02. The molecule has 0 amide bonds. The summed E-state index contributed by atoms with van der Waals surface area (Å²) in [5.41, 5.74) is 1.70. The minimum absolute atomic E-state index is 0.0109. The Morgan fingerprint density at radius 1 is 1.14 bits per heavy atom. The van der Waals surface area contributed by atoms with E-state index >= 15 is 4.39 Å². The Labute approximate surface area is 205 Å². The molecule has 0 radical (unpaired) electrons. The quantitative estimate of drug-likeness (QED) is 0.346. The maximum atomic E-state index is 16.2. The van der Waals surface area contributed by atoms with Crippen LogP contribution in [0.3, 0.4) is 0 Å². The number of fused-ring (bicyclic) bond motifs is 1. The first kappa shape index (κ1) is 23.4. The van der Waals surface area contributed by atoms with Crippen molar-refractivity contribution in [2.75, 3.05) is 13.2 Å². The highest BCUT2D eigenvalue weighted by molar-refractivity contribution is 5.93. The molecule has 0 bridgehead atoms. The number of hydrogen-bond acceptors (Lipinski definition) is 6. The van der Waals surface area contributed by atoms with E-state index in [4.69, 9.17) is 14.0 Å². The molecule has 1 spiro atoms. The van der Waals surface area contributed by atoms with E-state index in [1.165, 1.54) is 18.5 Å². The van der Waals surface area contributed by atoms with E-state index < -0.39 is 22.6 Å². The second-order valence-corrected chi connectivity index (χ2v) is 9.81. The molecule has 1 unspecified atom stereocenters. The predicted molar refractivity (Wildman–Crippen MR) is 127 cm³/mol. The van der Waals surface area contributed by atoms with Gasteiger partial charge in [0.05, 0.1) is 43.4 Å². The van der Waals surface area contributed by atoms with E-state index in [2.05, 4.69) is 15.2 Å². The molecule has 36 heavy (non-hydrogen) atoms. The maximum Gasteiger partial charge on any atom is 0.414 e. The third-order valence-electron chi connectivity index (χ3n) is 7.54. The van der Waals surface area contributed by atoms with E-state index in [1.54, 1.807) is 23.9 Å². The number of alkyl halides is 3. The molecule has 0 aromatic carbocycles. The second kappa shape index (κ2) is 8.25. The van der Waals surface area contributed by atoms with Crippen molar-refractivity contribution < 1.29 is 27.2 Å². The molecule has 0 N–H and O–H groups in total. The third kappa shape index (κ3) is 3.60. The van der Waals surface area contributed by atoms with Crippen molar-refractivity contribution in [3.63, 3.8) is 0 Å². The van der Waals surface area contributed by atoms with Crippen molar-refractivity contribution in [2.24, 2.45) is 5.10 Å². The summed E-state index contributed by atoms with van der Waals surface area (Å²) >= 11 is 0. The molecule has 3 aliphatic rings. The van der Waals surface area contributed by atoms with Crippen LogP contribution in [-0.2, 0) is 16.0 Å². The molecule has 1 saturated carbocycles. The van der Waals surface area contributed by atoms with Crippen LogP contribution in [-0.4, -0.2) is 52.1 Å². The minimum atomic E-state index is -2.85. The highest BCUT2D eigenvalue weighted by Crippen LogP contribution is 2.45. The minimum Gasteiger partial charge on any atom is -0.361 e. The lowest BCUT2D eigenvalue weighted by Gasteiger charge is -2.39. The summed E-state index contributed by atoms with van der Waals surface area (Å²) < 4.78 is 62.4. The molecule has 190 valence electrons. The van der Waals surface area contributed by atoms with E-state index in [0.29, 0.717) is 48.5 Å². The molecule has 2 fully saturated rings. The molecule has 6 rings (SSSR count). The smallest absolute Gasteiger partial charge is 0.361 e. The van der Waals surface area contributed by atoms with Gasteiger partial charge in [0.25, 0.3) is 0 Å². The monoisotopic (exact) mass is 502 g/mol. The normalized spacial score (nSPS) is 24.6. The van der Waals surface area contributed by atoms with Gasteiger partial charge in [-0.25, -0.2) is 9.37 Å². The summed E-state index contributed by atoms with van der Waals surface area (Å²) in [6, 6.07) is 1.83. The molecule has 3 aromatic heterocycles. The first-order valence-electron chi connectivity index (χ1n) is 12.0. The maximum absolute atomic E-state index is 16.2. The van der Waals surface area contributed by atoms with E-state index in [-0.39, 0.29) is 25.1 Å². The Bertz CT molecular complexity index is 1330. The molecule has 5 heterocycles. The summed E-state index contributed by atoms with van der Waals surface area (Å²) in [6.45, 7) is 1.79. The summed E-state index contributed by atoms with van der Waals surface area (Å²) in [6.07, 6.45) is 8.68. The number of allylic oxidation sites excluding steroid dienone is 1. The van der Waals surface area contributed by atoms with Crippen molar-refractivity contribution in [1.82, 2.24) is 19.3 Å². The Kier molecular flexibility index (Phi) is 5.36. The zero-order valence-electron chi connectivity index (χ0n) is 20.1. The van der Waals surface area contributed by atoms with Gasteiger partial charge in [0.15, 0.2) is 11.3 Å². The van der Waals surface area contributed by atoms with Crippen molar-refractivity contribution in [2.45, 2.75) is 64.1 Å². The molecule has 2 aliphatic heterocycles. The van der Waals surface area contributed by atoms with E-state index in [9.17, 15) is 8.78 Å². The Morgan fingerprint density at radius 2 is 1.89 bits per heavy atom. The van der Waals surface area contributed by atoms with Gasteiger partial charge in [-0.1, -0.05) is 14.9 Å². The van der Waals surface area contributed by atoms with Crippen LogP contribution >= 0.6 is 0 Å². The first-order chi connectivity index (χ1) is 17.2. The second-order valence-electron chi connectivity index (χ2n) is 9.81. The standard InChI is InChI=1S/C25H27F3N5O3/c1-16-21(17(2)36-31-16)18-12-19-22(29-13-18)20(33(23(26)27)9-3-8-30-33)14-32(19)15-24(28)4-6-25(7-5-24)34-10-11-35-25/h3,8-9,12-14,23H,4-7,10-11,15H2,1-2H3/q+1. The molecular weight excluding hydrogens is 475 g/mol. The van der Waals surface area contributed by atoms with Gasteiger partial charge in [0.1, 0.15) is 17.6 Å². The lowest BCUT2D eigenvalue weighted by Crippen LogP contribution is -2.43. The third-order valence-corrected chi connectivity index (χ3v) is 7.54. The lowest BCUT2D eigenvalue weighted by molar-refractivity contribution is -0.194. The molecule has 3 aromatic rings. The van der Waals surface area contributed by atoms with Crippen LogP contribution in [0.25, 0.3) is 22.2 Å². The van der Waals surface area contributed by atoms with Gasteiger partial charge in [-0.15, -0.1) is 8.78 Å². The highest BCUT2D eigenvalue weighted by atomic mass is 19.3. The Morgan fingerprint density at radius 3 is 2.50 bits per heavy atom. The number of quaternary nitrogens is 1. The van der Waals surface area contributed by atoms with Crippen LogP contribution in [0.4, 0.5) is 18.9 Å². The summed E-state index contributed by atoms with van der Waals surface area (Å²) in [4.78, 5) is 4.58. The number of nitrogens with zero attached hydrogens (tertiary/aromatic N) is 5. The number of ether oxygens (including phenoxy) is 2. The van der Waals surface area contributed by atoms with Crippen LogP contribution < -0.4 is 4.59 Å². The zero-order chi connectivity index (χ0) is 25.1. The largest absolute Gasteiger partial charge is 0.414 e. The fourth-order valence-electron chi connectivity index (χ4n) is 5.62. The molecule has 1 saturated heterocycles. The summed E-state index contributed by atoms with van der Waals surface area (Å²) in [7, 11) is 0. The van der Waals surface area contributed by atoms with Crippen molar-refractivity contribution in [1.29, 1.82) is 0 Å². The van der Waals surface area contributed by atoms with Gasteiger partial charge in [-0.05, 0) is 32.8 Å². The SMILES string of the molecule is Cc1noc(C)c1-c1cnc2c([N+]3(C(F)F)C=CC=N3)cn(CC3(F)CCC4(CC3)OCCO4)c2c1. The van der Waals surface area contributed by atoms with Gasteiger partial charge in [-0.2, -0.15) is 0 Å². The number of rotatable bonds is 5. The molecule has 11 heteroatoms. The average molecular weight is 503 g/mol. The van der Waals surface area contributed by atoms with Crippen LogP contribution in [0.5, 0.6) is 0 Å². The number of aromatic nitrogens is 3. The van der Waals surface area contributed by atoms with E-state index in [1.807, 2.05) is 13.0 Å². The number of aryl methyl sites for hydroxylation is 2. The molecule has 8 nitrogen and oxygen atoms in total. The Balaban J connectivity index is 1.44. The van der Waals surface area contributed by atoms with Gasteiger partial charge < -0.3 is 18.6 Å². The van der Waals surface area contributed by atoms with Crippen LogP contribution in [0.15, 0.2) is 40.4 Å². The molecule has 1 aliphatic carbocycles. The van der Waals surface area contributed by atoms with Gasteiger partial charge in [0.2, 0.25) is 5.69 Å². The predicted octanol–water partition coefficient (Wildman–Crippen LogP) is 5.38. The van der Waals surface area contributed by atoms with Crippen LogP contribution in [0.1, 0.15) is 37.1 Å². The van der Waals surface area contributed by atoms with Crippen molar-refractivity contribution in [3.05, 3.63) is 42.2 Å². The topological polar surface area (TPSA) is 74.7 Å². The fourth-order valence-corrected chi connectivity index (χ4v) is 5.62. The highest BCUT2D eigenvalue weighted by Gasteiger charge is 2.48. The average Bonchev–Trinajstić information content (AvgIpc) is 3.64. The van der Waals surface area contributed by atoms with E-state index in [0.717, 1.165) is 11.1 Å². The molecule has 1 atom stereocenters. The summed E-state index contributed by atoms with van der Waals surface area (Å²) in [5.74, 6) is -0.0800.